The zero-order valence-electron chi connectivity index (χ0n) is 14.2. The Morgan fingerprint density at radius 3 is 2.12 bits per heavy atom. The zero-order chi connectivity index (χ0) is 17.4. The maximum atomic E-state index is 4.72. The average molecular weight is 357 g/mol. The molecule has 0 aliphatic rings. The minimum absolute atomic E-state index is 0.107. The quantitative estimate of drug-likeness (QED) is 0.709. The smallest absolute Gasteiger partial charge is 0.111 e. The van der Waals surface area contributed by atoms with Crippen molar-refractivity contribution in [3.05, 3.63) is 64.3 Å². The summed E-state index contributed by atoms with van der Waals surface area (Å²) in [5.74, 6) is 0. The second-order valence-electron chi connectivity index (χ2n) is 6.81. The Hall–Kier alpha value is -1.79. The van der Waals surface area contributed by atoms with Gasteiger partial charge >= 0.3 is 0 Å². The van der Waals surface area contributed by atoms with E-state index in [-0.39, 0.29) is 10.8 Å². The summed E-state index contributed by atoms with van der Waals surface area (Å²) in [6.07, 6.45) is 7.31. The molecule has 0 unspecified atom stereocenters. The van der Waals surface area contributed by atoms with Crippen LogP contribution in [0.2, 0.25) is 0 Å². The highest BCUT2D eigenvalue weighted by molar-refractivity contribution is 7.80. The first-order valence-corrected chi connectivity index (χ1v) is 9.02. The van der Waals surface area contributed by atoms with Crippen LogP contribution in [0.15, 0.2) is 47.5 Å². The Labute approximate surface area is 151 Å². The third-order valence-electron chi connectivity index (χ3n) is 4.45. The van der Waals surface area contributed by atoms with Gasteiger partial charge in [0.15, 0.2) is 0 Å². The van der Waals surface area contributed by atoms with Crippen LogP contribution >= 0.6 is 24.0 Å². The Morgan fingerprint density at radius 2 is 1.58 bits per heavy atom. The number of aromatic nitrogens is 4. The molecule has 0 saturated carbocycles. The highest BCUT2D eigenvalue weighted by atomic mass is 32.1. The third kappa shape index (κ3) is 3.08. The summed E-state index contributed by atoms with van der Waals surface area (Å²) in [4.78, 5) is 18.8. The molecule has 3 rings (SSSR count). The van der Waals surface area contributed by atoms with Crippen molar-refractivity contribution in [1.29, 1.82) is 0 Å². The molecular weight excluding hydrogens is 336 g/mol. The van der Waals surface area contributed by atoms with Gasteiger partial charge in [-0.2, -0.15) is 0 Å². The molecule has 3 aromatic rings. The van der Waals surface area contributed by atoms with E-state index in [4.69, 9.17) is 4.98 Å². The van der Waals surface area contributed by atoms with Gasteiger partial charge < -0.3 is 0 Å². The van der Waals surface area contributed by atoms with Gasteiger partial charge in [-0.1, -0.05) is 19.9 Å². The highest BCUT2D eigenvalue weighted by Crippen LogP contribution is 2.35. The average Bonchev–Trinajstić information content (AvgIpc) is 3.11. The van der Waals surface area contributed by atoms with Gasteiger partial charge in [-0.3, -0.25) is 15.0 Å². The largest absolute Gasteiger partial charge is 0.260 e. The molecule has 3 heterocycles. The van der Waals surface area contributed by atoms with Crippen LogP contribution in [0, 0.1) is 0 Å². The molecule has 3 aromatic heterocycles. The summed E-state index contributed by atoms with van der Waals surface area (Å²) >= 11 is 5.86. The number of nitrogens with zero attached hydrogens (tertiary/aromatic N) is 4. The third-order valence-corrected chi connectivity index (χ3v) is 5.78. The number of rotatable bonds is 4. The van der Waals surface area contributed by atoms with Gasteiger partial charge in [-0.05, 0) is 25.5 Å². The van der Waals surface area contributed by atoms with Crippen molar-refractivity contribution < 1.29 is 0 Å². The van der Waals surface area contributed by atoms with Crippen LogP contribution in [-0.2, 0) is 10.8 Å². The molecule has 24 heavy (non-hydrogen) atoms. The first-order chi connectivity index (χ1) is 11.3. The molecule has 0 aromatic carbocycles. The van der Waals surface area contributed by atoms with Crippen molar-refractivity contribution in [1.82, 2.24) is 19.9 Å². The number of thiazole rings is 1. The second-order valence-corrected chi connectivity index (χ2v) is 8.15. The normalized spacial score (nSPS) is 12.4. The van der Waals surface area contributed by atoms with Gasteiger partial charge in [0, 0.05) is 22.7 Å². The van der Waals surface area contributed by atoms with E-state index in [9.17, 15) is 0 Å². The number of hydrogen-bond donors (Lipinski definition) is 1. The van der Waals surface area contributed by atoms with Crippen LogP contribution in [0.1, 0.15) is 49.5 Å². The van der Waals surface area contributed by atoms with E-state index in [1.54, 1.807) is 23.7 Å². The van der Waals surface area contributed by atoms with E-state index in [1.807, 2.05) is 17.9 Å². The molecule has 0 saturated heterocycles. The standard InChI is InChI=1S/C18H20N4S2/c1-17(2,15-9-19-11-24-15)12-5-6-13(20-7-12)18(3,4)14-8-22-16(23)10-21-14/h5-11H,1-4H3,(H,22,23). The molecule has 0 bridgehead atoms. The van der Waals surface area contributed by atoms with Gasteiger partial charge in [0.1, 0.15) is 5.03 Å². The van der Waals surface area contributed by atoms with Crippen LogP contribution in [0.25, 0.3) is 0 Å². The molecule has 0 aliphatic heterocycles. The molecule has 0 amide bonds. The zero-order valence-corrected chi connectivity index (χ0v) is 15.9. The van der Waals surface area contributed by atoms with Crippen LogP contribution in [0.5, 0.6) is 0 Å². The van der Waals surface area contributed by atoms with Crippen molar-refractivity contribution in [3.8, 4) is 0 Å². The van der Waals surface area contributed by atoms with Gasteiger partial charge in [0.05, 0.1) is 34.7 Å². The Balaban J connectivity index is 1.93. The van der Waals surface area contributed by atoms with E-state index in [2.05, 4.69) is 67.4 Å². The van der Waals surface area contributed by atoms with Crippen molar-refractivity contribution >= 4 is 24.0 Å². The van der Waals surface area contributed by atoms with Crippen molar-refractivity contribution in [3.63, 3.8) is 0 Å². The van der Waals surface area contributed by atoms with Crippen LogP contribution in [-0.4, -0.2) is 19.9 Å². The molecule has 0 aliphatic carbocycles. The molecule has 4 nitrogen and oxygen atoms in total. The maximum absolute atomic E-state index is 4.72. The predicted molar refractivity (Wildman–Crippen MR) is 99.9 cm³/mol. The topological polar surface area (TPSA) is 51.6 Å². The van der Waals surface area contributed by atoms with E-state index < -0.39 is 0 Å². The molecule has 0 radical (unpaired) electrons. The maximum Gasteiger partial charge on any atom is 0.111 e. The first kappa shape index (κ1) is 17.0. The van der Waals surface area contributed by atoms with E-state index in [0.717, 1.165) is 11.4 Å². The Bertz CT molecular complexity index is 807. The van der Waals surface area contributed by atoms with Gasteiger partial charge in [-0.15, -0.1) is 24.0 Å². The SMILES string of the molecule is CC(C)(c1ccc(C(C)(C)c2cncs2)cn1)c1cnc(S)cn1. The van der Waals surface area contributed by atoms with Crippen molar-refractivity contribution in [2.45, 2.75) is 43.6 Å². The summed E-state index contributed by atoms with van der Waals surface area (Å²) in [6.45, 7) is 8.59. The van der Waals surface area contributed by atoms with Crippen molar-refractivity contribution in [2.24, 2.45) is 0 Å². The fourth-order valence-corrected chi connectivity index (χ4v) is 3.46. The van der Waals surface area contributed by atoms with Crippen molar-refractivity contribution in [2.75, 3.05) is 0 Å². The molecular formula is C18H20N4S2. The Kier molecular flexibility index (Phi) is 4.44. The van der Waals surface area contributed by atoms with E-state index in [1.165, 1.54) is 10.4 Å². The van der Waals surface area contributed by atoms with Gasteiger partial charge in [0.25, 0.3) is 0 Å². The fraction of sp³-hybridized carbons (Fsp3) is 0.333. The number of hydrogen-bond acceptors (Lipinski definition) is 6. The number of thiol groups is 1. The minimum Gasteiger partial charge on any atom is -0.260 e. The lowest BCUT2D eigenvalue weighted by atomic mass is 9.82. The lowest BCUT2D eigenvalue weighted by molar-refractivity contribution is 0.583. The van der Waals surface area contributed by atoms with E-state index >= 15 is 0 Å². The molecule has 0 N–H and O–H groups in total. The molecule has 124 valence electrons. The Morgan fingerprint density at radius 1 is 0.833 bits per heavy atom. The monoisotopic (exact) mass is 356 g/mol. The summed E-state index contributed by atoms with van der Waals surface area (Å²) in [5.41, 5.74) is 4.45. The summed E-state index contributed by atoms with van der Waals surface area (Å²) in [6, 6.07) is 4.22. The van der Waals surface area contributed by atoms with Gasteiger partial charge in [-0.25, -0.2) is 4.98 Å². The molecule has 6 heteroatoms. The van der Waals surface area contributed by atoms with Crippen LogP contribution in [0.4, 0.5) is 0 Å². The minimum atomic E-state index is -0.318. The molecule has 0 fully saturated rings. The second kappa shape index (κ2) is 6.26. The fourth-order valence-electron chi connectivity index (χ4n) is 2.58. The lowest BCUT2D eigenvalue weighted by Crippen LogP contribution is -2.24. The van der Waals surface area contributed by atoms with E-state index in [0.29, 0.717) is 5.03 Å². The number of pyridine rings is 1. The molecule has 0 atom stereocenters. The predicted octanol–water partition coefficient (Wildman–Crippen LogP) is 4.27. The first-order valence-electron chi connectivity index (χ1n) is 7.69. The lowest BCUT2D eigenvalue weighted by Gasteiger charge is -2.26. The van der Waals surface area contributed by atoms with Gasteiger partial charge in [0.2, 0.25) is 0 Å². The summed E-state index contributed by atoms with van der Waals surface area (Å²) < 4.78 is 0. The molecule has 0 spiro atoms. The highest BCUT2D eigenvalue weighted by Gasteiger charge is 2.29. The van der Waals surface area contributed by atoms with Crippen LogP contribution in [0.3, 0.4) is 0 Å². The van der Waals surface area contributed by atoms with Crippen LogP contribution < -0.4 is 0 Å². The summed E-state index contributed by atoms with van der Waals surface area (Å²) in [7, 11) is 0. The summed E-state index contributed by atoms with van der Waals surface area (Å²) in [5, 5.41) is 0.615.